The molecule has 0 unspecified atom stereocenters. The molecule has 7 heteroatoms. The van der Waals surface area contributed by atoms with Gasteiger partial charge < -0.3 is 5.73 Å². The van der Waals surface area contributed by atoms with E-state index < -0.39 is 10.0 Å². The van der Waals surface area contributed by atoms with Crippen molar-refractivity contribution >= 4 is 47.6 Å². The zero-order chi connectivity index (χ0) is 15.3. The molecule has 0 aliphatic heterocycles. The van der Waals surface area contributed by atoms with Gasteiger partial charge >= 0.3 is 0 Å². The SMILES string of the molecule is CC(C)CCCCNS(=O)(=O)c1c(Br)cc(N)cc1Br. The van der Waals surface area contributed by atoms with Gasteiger partial charge in [-0.05, 0) is 56.3 Å². The summed E-state index contributed by atoms with van der Waals surface area (Å²) in [6.07, 6.45) is 2.96. The Kier molecular flexibility index (Phi) is 6.97. The van der Waals surface area contributed by atoms with Crippen molar-refractivity contribution in [1.29, 1.82) is 0 Å². The molecule has 0 saturated carbocycles. The highest BCUT2D eigenvalue weighted by Crippen LogP contribution is 2.32. The number of sulfonamides is 1. The maximum atomic E-state index is 12.3. The standard InChI is InChI=1S/C13H20Br2N2O2S/c1-9(2)5-3-4-6-17-20(18,19)13-11(14)7-10(16)8-12(13)15/h7-9,17H,3-6,16H2,1-2H3. The van der Waals surface area contributed by atoms with Gasteiger partial charge in [-0.2, -0.15) is 0 Å². The van der Waals surface area contributed by atoms with Crippen LogP contribution in [0.3, 0.4) is 0 Å². The second-order valence-corrected chi connectivity index (χ2v) is 8.51. The van der Waals surface area contributed by atoms with Gasteiger partial charge in [-0.1, -0.05) is 26.7 Å². The number of hydrogen-bond donors (Lipinski definition) is 2. The van der Waals surface area contributed by atoms with Crippen LogP contribution < -0.4 is 10.5 Å². The molecule has 1 aromatic rings. The lowest BCUT2D eigenvalue weighted by atomic mass is 10.1. The Bertz CT molecular complexity index is 536. The minimum atomic E-state index is -3.54. The van der Waals surface area contributed by atoms with E-state index in [1.54, 1.807) is 12.1 Å². The fraction of sp³-hybridized carbons (Fsp3) is 0.538. The first-order valence-electron chi connectivity index (χ1n) is 6.48. The third-order valence-electron chi connectivity index (χ3n) is 2.79. The summed E-state index contributed by atoms with van der Waals surface area (Å²) in [6.45, 7) is 4.76. The first kappa shape index (κ1) is 17.9. The van der Waals surface area contributed by atoms with Gasteiger partial charge in [-0.25, -0.2) is 13.1 Å². The Labute approximate surface area is 137 Å². The molecule has 3 N–H and O–H groups in total. The number of anilines is 1. The average Bonchev–Trinajstić information content (AvgIpc) is 2.25. The van der Waals surface area contributed by atoms with Crippen molar-refractivity contribution in [2.24, 2.45) is 5.92 Å². The van der Waals surface area contributed by atoms with Crippen LogP contribution in [0.15, 0.2) is 26.0 Å². The molecule has 0 aliphatic carbocycles. The summed E-state index contributed by atoms with van der Waals surface area (Å²) in [5, 5.41) is 0. The van der Waals surface area contributed by atoms with Crippen molar-refractivity contribution < 1.29 is 8.42 Å². The van der Waals surface area contributed by atoms with Crippen molar-refractivity contribution in [2.45, 2.75) is 38.0 Å². The number of benzene rings is 1. The number of nitrogens with two attached hydrogens (primary N) is 1. The van der Waals surface area contributed by atoms with E-state index in [0.29, 0.717) is 27.1 Å². The molecule has 0 bridgehead atoms. The van der Waals surface area contributed by atoms with E-state index in [-0.39, 0.29) is 4.90 Å². The van der Waals surface area contributed by atoms with Crippen molar-refractivity contribution in [3.05, 3.63) is 21.1 Å². The lowest BCUT2D eigenvalue weighted by molar-refractivity contribution is 0.530. The number of unbranched alkanes of at least 4 members (excludes halogenated alkanes) is 1. The van der Waals surface area contributed by atoms with E-state index in [1.807, 2.05) is 0 Å². The third-order valence-corrected chi connectivity index (χ3v) is 6.13. The van der Waals surface area contributed by atoms with Crippen LogP contribution in [0, 0.1) is 5.92 Å². The molecule has 0 amide bonds. The Morgan fingerprint density at radius 3 is 2.25 bits per heavy atom. The van der Waals surface area contributed by atoms with Crippen molar-refractivity contribution in [2.75, 3.05) is 12.3 Å². The minimum absolute atomic E-state index is 0.190. The third kappa shape index (κ3) is 5.35. The van der Waals surface area contributed by atoms with E-state index in [2.05, 4.69) is 50.4 Å². The van der Waals surface area contributed by atoms with Crippen LogP contribution in [0.5, 0.6) is 0 Å². The average molecular weight is 428 g/mol. The van der Waals surface area contributed by atoms with Crippen LogP contribution in [0.2, 0.25) is 0 Å². The van der Waals surface area contributed by atoms with E-state index >= 15 is 0 Å². The van der Waals surface area contributed by atoms with Gasteiger partial charge in [-0.3, -0.25) is 0 Å². The van der Waals surface area contributed by atoms with Crippen LogP contribution >= 0.6 is 31.9 Å². The van der Waals surface area contributed by atoms with E-state index in [0.717, 1.165) is 19.3 Å². The van der Waals surface area contributed by atoms with Gasteiger partial charge in [0.25, 0.3) is 0 Å². The highest BCUT2D eigenvalue weighted by Gasteiger charge is 2.21. The Morgan fingerprint density at radius 2 is 1.75 bits per heavy atom. The maximum Gasteiger partial charge on any atom is 0.242 e. The van der Waals surface area contributed by atoms with Crippen molar-refractivity contribution in [1.82, 2.24) is 4.72 Å². The number of nitrogens with one attached hydrogen (secondary N) is 1. The summed E-state index contributed by atoms with van der Waals surface area (Å²) < 4.78 is 28.1. The molecule has 0 aliphatic rings. The number of halogens is 2. The zero-order valence-electron chi connectivity index (χ0n) is 11.6. The van der Waals surface area contributed by atoms with Gasteiger partial charge in [0, 0.05) is 21.2 Å². The van der Waals surface area contributed by atoms with Gasteiger partial charge in [0.05, 0.1) is 0 Å². The number of rotatable bonds is 7. The van der Waals surface area contributed by atoms with Crippen LogP contribution in [0.25, 0.3) is 0 Å². The zero-order valence-corrected chi connectivity index (χ0v) is 15.6. The molecular formula is C13H20Br2N2O2S. The first-order chi connectivity index (χ1) is 9.24. The second kappa shape index (κ2) is 7.77. The monoisotopic (exact) mass is 426 g/mol. The van der Waals surface area contributed by atoms with E-state index in [9.17, 15) is 8.42 Å². The molecule has 0 spiro atoms. The largest absolute Gasteiger partial charge is 0.399 e. The molecule has 0 saturated heterocycles. The van der Waals surface area contributed by atoms with Crippen LogP contribution in [0.4, 0.5) is 5.69 Å². The Morgan fingerprint density at radius 1 is 1.20 bits per heavy atom. The highest BCUT2D eigenvalue weighted by molar-refractivity contribution is 9.11. The fourth-order valence-corrected chi connectivity index (χ4v) is 5.48. The predicted molar refractivity (Wildman–Crippen MR) is 90.1 cm³/mol. The summed E-state index contributed by atoms with van der Waals surface area (Å²) in [6, 6.07) is 3.16. The summed E-state index contributed by atoms with van der Waals surface area (Å²) in [4.78, 5) is 0.190. The molecule has 0 atom stereocenters. The normalized spacial score (nSPS) is 12.1. The van der Waals surface area contributed by atoms with Crippen LogP contribution in [-0.4, -0.2) is 15.0 Å². The first-order valence-corrected chi connectivity index (χ1v) is 9.55. The van der Waals surface area contributed by atoms with Crippen LogP contribution in [-0.2, 0) is 10.0 Å². The maximum absolute atomic E-state index is 12.3. The predicted octanol–water partition coefficient (Wildman–Crippen LogP) is 3.90. The Hall–Kier alpha value is -0.110. The quantitative estimate of drug-likeness (QED) is 0.511. The lowest BCUT2D eigenvalue weighted by Gasteiger charge is -2.11. The molecule has 1 aromatic carbocycles. The van der Waals surface area contributed by atoms with Gasteiger partial charge in [0.1, 0.15) is 4.90 Å². The molecule has 0 radical (unpaired) electrons. The molecule has 0 fully saturated rings. The molecule has 20 heavy (non-hydrogen) atoms. The number of hydrogen-bond acceptors (Lipinski definition) is 3. The molecule has 4 nitrogen and oxygen atoms in total. The molecule has 114 valence electrons. The molecule has 0 aromatic heterocycles. The van der Waals surface area contributed by atoms with E-state index in [1.165, 1.54) is 0 Å². The smallest absolute Gasteiger partial charge is 0.242 e. The second-order valence-electron chi connectivity index (χ2n) is 5.10. The highest BCUT2D eigenvalue weighted by atomic mass is 79.9. The fourth-order valence-electron chi connectivity index (χ4n) is 1.79. The topological polar surface area (TPSA) is 72.2 Å². The van der Waals surface area contributed by atoms with E-state index in [4.69, 9.17) is 5.73 Å². The molecule has 1 rings (SSSR count). The Balaban J connectivity index is 2.70. The summed E-state index contributed by atoms with van der Waals surface area (Å²) in [5.74, 6) is 0.645. The molecular weight excluding hydrogens is 408 g/mol. The summed E-state index contributed by atoms with van der Waals surface area (Å²) in [5.41, 5.74) is 6.16. The molecule has 0 heterocycles. The summed E-state index contributed by atoms with van der Waals surface area (Å²) in [7, 11) is -3.54. The van der Waals surface area contributed by atoms with Gasteiger partial charge in [-0.15, -0.1) is 0 Å². The minimum Gasteiger partial charge on any atom is -0.399 e. The number of nitrogen functional groups attached to an aromatic ring is 1. The van der Waals surface area contributed by atoms with Crippen molar-refractivity contribution in [3.8, 4) is 0 Å². The lowest BCUT2D eigenvalue weighted by Crippen LogP contribution is -2.25. The van der Waals surface area contributed by atoms with Gasteiger partial charge in [0.15, 0.2) is 0 Å². The van der Waals surface area contributed by atoms with Crippen LogP contribution in [0.1, 0.15) is 33.1 Å². The summed E-state index contributed by atoms with van der Waals surface area (Å²) >= 11 is 6.49. The van der Waals surface area contributed by atoms with Crippen molar-refractivity contribution in [3.63, 3.8) is 0 Å². The van der Waals surface area contributed by atoms with Gasteiger partial charge in [0.2, 0.25) is 10.0 Å².